The molecule has 2 aromatic heterocycles. The summed E-state index contributed by atoms with van der Waals surface area (Å²) in [5.41, 5.74) is 11.6. The molecule has 0 unspecified atom stereocenters. The first kappa shape index (κ1) is 13.4. The summed E-state index contributed by atoms with van der Waals surface area (Å²) in [7, 11) is 0. The van der Waals surface area contributed by atoms with Gasteiger partial charge in [0.15, 0.2) is 0 Å². The van der Waals surface area contributed by atoms with Gasteiger partial charge in [-0.05, 0) is 50.2 Å². The minimum atomic E-state index is 0.676. The number of aromatic nitrogens is 2. The Kier molecular flexibility index (Phi) is 3.44. The van der Waals surface area contributed by atoms with Gasteiger partial charge in [-0.3, -0.25) is 9.97 Å². The van der Waals surface area contributed by atoms with Gasteiger partial charge in [-0.15, -0.1) is 0 Å². The molecule has 2 heterocycles. The SMILES string of the molecule is Cc1cccc(CNc2cc(C)nc3ccc(N)cc23)n1. The molecule has 0 aliphatic carbocycles. The van der Waals surface area contributed by atoms with Gasteiger partial charge >= 0.3 is 0 Å². The number of hydrogen-bond donors (Lipinski definition) is 2. The molecule has 0 bridgehead atoms. The highest BCUT2D eigenvalue weighted by Crippen LogP contribution is 2.25. The van der Waals surface area contributed by atoms with Crippen molar-refractivity contribution < 1.29 is 0 Å². The highest BCUT2D eigenvalue weighted by Gasteiger charge is 2.05. The number of nitrogens with zero attached hydrogens (tertiary/aromatic N) is 2. The topological polar surface area (TPSA) is 63.8 Å². The van der Waals surface area contributed by atoms with Gasteiger partial charge in [0.1, 0.15) is 0 Å². The number of hydrogen-bond acceptors (Lipinski definition) is 4. The third-order valence-electron chi connectivity index (χ3n) is 3.37. The Morgan fingerprint density at radius 1 is 1.00 bits per heavy atom. The Bertz CT molecular complexity index is 796. The van der Waals surface area contributed by atoms with Crippen LogP contribution in [0.5, 0.6) is 0 Å². The number of fused-ring (bicyclic) bond motifs is 1. The summed E-state index contributed by atoms with van der Waals surface area (Å²) >= 11 is 0. The standard InChI is InChI=1S/C17H18N4/c1-11-4-3-5-14(20-11)10-19-17-8-12(2)21-16-7-6-13(18)9-15(16)17/h3-9H,10,18H2,1-2H3,(H,19,21). The van der Waals surface area contributed by atoms with E-state index in [4.69, 9.17) is 5.73 Å². The van der Waals surface area contributed by atoms with E-state index in [1.807, 2.05) is 56.3 Å². The highest BCUT2D eigenvalue weighted by atomic mass is 14.9. The Labute approximate surface area is 124 Å². The second kappa shape index (κ2) is 5.40. The van der Waals surface area contributed by atoms with E-state index >= 15 is 0 Å². The Morgan fingerprint density at radius 3 is 2.67 bits per heavy atom. The first-order chi connectivity index (χ1) is 10.1. The molecule has 0 aliphatic heterocycles. The van der Waals surface area contributed by atoms with Gasteiger partial charge < -0.3 is 11.1 Å². The number of pyridine rings is 2. The zero-order valence-electron chi connectivity index (χ0n) is 12.2. The van der Waals surface area contributed by atoms with E-state index in [1.54, 1.807) is 0 Å². The van der Waals surface area contributed by atoms with Crippen molar-refractivity contribution in [2.24, 2.45) is 0 Å². The Morgan fingerprint density at radius 2 is 1.86 bits per heavy atom. The molecule has 1 aromatic carbocycles. The number of rotatable bonds is 3. The largest absolute Gasteiger partial charge is 0.399 e. The smallest absolute Gasteiger partial charge is 0.0727 e. The summed E-state index contributed by atoms with van der Waals surface area (Å²) in [5.74, 6) is 0. The minimum Gasteiger partial charge on any atom is -0.399 e. The average Bonchev–Trinajstić information content (AvgIpc) is 2.45. The molecule has 3 N–H and O–H groups in total. The fourth-order valence-electron chi connectivity index (χ4n) is 2.41. The van der Waals surface area contributed by atoms with Gasteiger partial charge in [0.05, 0.1) is 17.8 Å². The van der Waals surface area contributed by atoms with Crippen LogP contribution in [0.15, 0.2) is 42.5 Å². The van der Waals surface area contributed by atoms with E-state index in [2.05, 4.69) is 15.3 Å². The van der Waals surface area contributed by atoms with Gasteiger partial charge in [0, 0.05) is 28.1 Å². The molecule has 0 spiro atoms. The van der Waals surface area contributed by atoms with Crippen LogP contribution in [0.25, 0.3) is 10.9 Å². The Hall–Kier alpha value is -2.62. The predicted molar refractivity (Wildman–Crippen MR) is 87.2 cm³/mol. The second-order valence-electron chi connectivity index (χ2n) is 5.21. The summed E-state index contributed by atoms with van der Waals surface area (Å²) in [4.78, 5) is 9.04. The van der Waals surface area contributed by atoms with Crippen LogP contribution >= 0.6 is 0 Å². The van der Waals surface area contributed by atoms with Crippen molar-refractivity contribution in [3.05, 3.63) is 59.5 Å². The van der Waals surface area contributed by atoms with Crippen LogP contribution in [0, 0.1) is 13.8 Å². The molecule has 0 fully saturated rings. The van der Waals surface area contributed by atoms with Crippen molar-refractivity contribution in [2.45, 2.75) is 20.4 Å². The van der Waals surface area contributed by atoms with Crippen molar-refractivity contribution in [2.75, 3.05) is 11.1 Å². The molecule has 0 saturated carbocycles. The monoisotopic (exact) mass is 278 g/mol. The van der Waals surface area contributed by atoms with E-state index in [0.717, 1.165) is 39.4 Å². The molecule has 4 heteroatoms. The maximum absolute atomic E-state index is 5.89. The van der Waals surface area contributed by atoms with E-state index in [1.165, 1.54) is 0 Å². The first-order valence-electron chi connectivity index (χ1n) is 6.95. The number of nitrogens with one attached hydrogen (secondary N) is 1. The molecular weight excluding hydrogens is 260 g/mol. The summed E-state index contributed by atoms with van der Waals surface area (Å²) < 4.78 is 0. The van der Waals surface area contributed by atoms with Gasteiger partial charge in [-0.1, -0.05) is 6.07 Å². The van der Waals surface area contributed by atoms with E-state index in [9.17, 15) is 0 Å². The summed E-state index contributed by atoms with van der Waals surface area (Å²) in [6.07, 6.45) is 0. The van der Waals surface area contributed by atoms with E-state index in [0.29, 0.717) is 6.54 Å². The zero-order valence-corrected chi connectivity index (χ0v) is 12.2. The van der Waals surface area contributed by atoms with Gasteiger partial charge in [0.25, 0.3) is 0 Å². The van der Waals surface area contributed by atoms with Crippen LogP contribution in [0.3, 0.4) is 0 Å². The molecule has 4 nitrogen and oxygen atoms in total. The summed E-state index contributed by atoms with van der Waals surface area (Å²) in [6, 6.07) is 13.9. The minimum absolute atomic E-state index is 0.676. The lowest BCUT2D eigenvalue weighted by Gasteiger charge is -2.11. The fourth-order valence-corrected chi connectivity index (χ4v) is 2.41. The fraction of sp³-hybridized carbons (Fsp3) is 0.176. The van der Waals surface area contributed by atoms with E-state index in [-0.39, 0.29) is 0 Å². The van der Waals surface area contributed by atoms with Gasteiger partial charge in [-0.25, -0.2) is 0 Å². The number of nitrogen functional groups attached to an aromatic ring is 1. The van der Waals surface area contributed by atoms with Crippen LogP contribution in [-0.4, -0.2) is 9.97 Å². The second-order valence-corrected chi connectivity index (χ2v) is 5.21. The normalized spacial score (nSPS) is 10.8. The molecule has 106 valence electrons. The molecule has 3 rings (SSSR count). The van der Waals surface area contributed by atoms with Crippen LogP contribution in [-0.2, 0) is 6.54 Å². The number of aryl methyl sites for hydroxylation is 2. The van der Waals surface area contributed by atoms with Gasteiger partial charge in [0.2, 0.25) is 0 Å². The highest BCUT2D eigenvalue weighted by molar-refractivity contribution is 5.93. The Balaban J connectivity index is 1.94. The van der Waals surface area contributed by atoms with Crippen LogP contribution < -0.4 is 11.1 Å². The third kappa shape index (κ3) is 2.94. The van der Waals surface area contributed by atoms with Crippen molar-refractivity contribution in [1.82, 2.24) is 9.97 Å². The molecule has 3 aromatic rings. The lowest BCUT2D eigenvalue weighted by molar-refractivity contribution is 1.02. The molecule has 0 saturated heterocycles. The van der Waals surface area contributed by atoms with Crippen molar-refractivity contribution in [3.8, 4) is 0 Å². The van der Waals surface area contributed by atoms with Crippen molar-refractivity contribution >= 4 is 22.3 Å². The molecule has 0 atom stereocenters. The predicted octanol–water partition coefficient (Wildman–Crippen LogP) is 3.44. The summed E-state index contributed by atoms with van der Waals surface area (Å²) in [6.45, 7) is 4.66. The van der Waals surface area contributed by atoms with Crippen molar-refractivity contribution in [3.63, 3.8) is 0 Å². The average molecular weight is 278 g/mol. The number of anilines is 2. The van der Waals surface area contributed by atoms with Crippen LogP contribution in [0.2, 0.25) is 0 Å². The lowest BCUT2D eigenvalue weighted by atomic mass is 10.1. The van der Waals surface area contributed by atoms with Crippen molar-refractivity contribution in [1.29, 1.82) is 0 Å². The maximum Gasteiger partial charge on any atom is 0.0727 e. The molecule has 0 aliphatic rings. The van der Waals surface area contributed by atoms with Crippen LogP contribution in [0.4, 0.5) is 11.4 Å². The van der Waals surface area contributed by atoms with Crippen LogP contribution in [0.1, 0.15) is 17.1 Å². The molecular formula is C17H18N4. The van der Waals surface area contributed by atoms with Gasteiger partial charge in [-0.2, -0.15) is 0 Å². The molecule has 0 amide bonds. The lowest BCUT2D eigenvalue weighted by Crippen LogP contribution is -2.04. The number of nitrogens with two attached hydrogens (primary N) is 1. The zero-order chi connectivity index (χ0) is 14.8. The molecule has 21 heavy (non-hydrogen) atoms. The maximum atomic E-state index is 5.89. The van der Waals surface area contributed by atoms with E-state index < -0.39 is 0 Å². The third-order valence-corrected chi connectivity index (χ3v) is 3.37. The first-order valence-corrected chi connectivity index (χ1v) is 6.95. The summed E-state index contributed by atoms with van der Waals surface area (Å²) in [5, 5.41) is 4.48. The number of benzene rings is 1. The quantitative estimate of drug-likeness (QED) is 0.720. The molecule has 0 radical (unpaired) electrons.